The van der Waals surface area contributed by atoms with Gasteiger partial charge in [0.1, 0.15) is 17.6 Å². The summed E-state index contributed by atoms with van der Waals surface area (Å²) in [5, 5.41) is 19.1. The molecule has 0 fully saturated rings. The third kappa shape index (κ3) is 7.64. The van der Waals surface area contributed by atoms with Gasteiger partial charge in [0.15, 0.2) is 0 Å². The number of likely N-dealkylation sites (N-methyl/N-ethyl adjacent to an activating group) is 1. The number of nitrogens with one attached hydrogen (secondary N) is 1. The molecule has 0 radical (unpaired) electrons. The summed E-state index contributed by atoms with van der Waals surface area (Å²) in [5.41, 5.74) is 1.52. The molecule has 1 amide bonds. The summed E-state index contributed by atoms with van der Waals surface area (Å²) in [6.45, 7) is 4.84. The number of hydrogen-bond donors (Lipinski definition) is 3. The van der Waals surface area contributed by atoms with E-state index in [0.29, 0.717) is 31.1 Å². The fraction of sp³-hybridized carbons (Fsp3) is 0.355. The molecule has 0 unspecified atom stereocenters. The van der Waals surface area contributed by atoms with Crippen LogP contribution in [0.5, 0.6) is 11.5 Å². The number of nitrogens with zero attached hydrogens (tertiary/aromatic N) is 2. The van der Waals surface area contributed by atoms with Crippen LogP contribution in [0, 0.1) is 5.92 Å². The lowest BCUT2D eigenvalue weighted by Gasteiger charge is -2.38. The molecule has 1 aliphatic rings. The fourth-order valence-corrected chi connectivity index (χ4v) is 5.96. The molecule has 0 aliphatic carbocycles. The Kier molecular flexibility index (Phi) is 9.95. The molecular weight excluding hydrogens is 574 g/mol. The Labute approximate surface area is 251 Å². The third-order valence-corrected chi connectivity index (χ3v) is 8.83. The summed E-state index contributed by atoms with van der Waals surface area (Å²) in [4.78, 5) is 28.6. The zero-order chi connectivity index (χ0) is 31.3. The van der Waals surface area contributed by atoms with E-state index in [1.807, 2.05) is 14.0 Å². The van der Waals surface area contributed by atoms with Crippen molar-refractivity contribution in [1.29, 1.82) is 0 Å². The summed E-state index contributed by atoms with van der Waals surface area (Å²) in [6.07, 6.45) is -0.356. The van der Waals surface area contributed by atoms with Crippen LogP contribution in [0.4, 0.5) is 5.69 Å². The first-order valence-electron chi connectivity index (χ1n) is 13.8. The van der Waals surface area contributed by atoms with Crippen molar-refractivity contribution >= 4 is 27.6 Å². The zero-order valence-electron chi connectivity index (χ0n) is 24.6. The number of benzene rings is 3. The predicted octanol–water partition coefficient (Wildman–Crippen LogP) is 3.55. The number of aromatic carboxylic acids is 1. The van der Waals surface area contributed by atoms with Crippen molar-refractivity contribution in [2.75, 3.05) is 38.6 Å². The molecule has 0 bridgehead atoms. The number of rotatable bonds is 11. The van der Waals surface area contributed by atoms with Crippen LogP contribution in [0.15, 0.2) is 71.6 Å². The number of fused-ring (bicyclic) bond motifs is 1. The van der Waals surface area contributed by atoms with Crippen LogP contribution >= 0.6 is 0 Å². The van der Waals surface area contributed by atoms with Crippen LogP contribution < -0.4 is 14.2 Å². The maximum Gasteiger partial charge on any atom is 0.335 e. The molecule has 4 rings (SSSR count). The minimum Gasteiger partial charge on any atom is -0.497 e. The summed E-state index contributed by atoms with van der Waals surface area (Å²) in [7, 11) is -0.538. The van der Waals surface area contributed by atoms with E-state index in [2.05, 4.69) is 9.62 Å². The van der Waals surface area contributed by atoms with Gasteiger partial charge in [-0.05, 0) is 74.1 Å². The van der Waals surface area contributed by atoms with E-state index in [-0.39, 0.29) is 46.2 Å². The molecule has 12 heteroatoms. The van der Waals surface area contributed by atoms with E-state index in [9.17, 15) is 23.1 Å². The van der Waals surface area contributed by atoms with Gasteiger partial charge in [0.05, 0.1) is 35.8 Å². The molecule has 0 saturated carbocycles. The highest BCUT2D eigenvalue weighted by atomic mass is 32.2. The number of amides is 1. The number of sulfonamides is 1. The topological polar surface area (TPSA) is 146 Å². The minimum atomic E-state index is -3.96. The van der Waals surface area contributed by atoms with E-state index < -0.39 is 22.0 Å². The highest BCUT2D eigenvalue weighted by molar-refractivity contribution is 7.92. The van der Waals surface area contributed by atoms with Crippen molar-refractivity contribution in [2.24, 2.45) is 5.92 Å². The van der Waals surface area contributed by atoms with Crippen LogP contribution in [0.1, 0.15) is 40.1 Å². The first-order valence-corrected chi connectivity index (χ1v) is 15.3. The summed E-state index contributed by atoms with van der Waals surface area (Å²) >= 11 is 0. The smallest absolute Gasteiger partial charge is 0.335 e. The van der Waals surface area contributed by atoms with Crippen LogP contribution in [-0.4, -0.2) is 86.3 Å². The lowest BCUT2D eigenvalue weighted by Crippen LogP contribution is -2.49. The van der Waals surface area contributed by atoms with Crippen molar-refractivity contribution in [2.45, 2.75) is 37.4 Å². The Hall–Kier alpha value is -4.13. The number of carbonyl (C=O) groups excluding carboxylic acids is 1. The molecule has 3 N–H and O–H groups in total. The maximum absolute atomic E-state index is 13.7. The molecule has 0 spiro atoms. The molecule has 11 nitrogen and oxygen atoms in total. The van der Waals surface area contributed by atoms with Crippen LogP contribution in [0.25, 0.3) is 0 Å². The normalized spacial score (nSPS) is 17.8. The first kappa shape index (κ1) is 31.8. The quantitative estimate of drug-likeness (QED) is 0.296. The number of carboxylic acids is 1. The lowest BCUT2D eigenvalue weighted by molar-refractivity contribution is 0.0341. The maximum atomic E-state index is 13.7. The molecule has 0 saturated heterocycles. The number of ether oxygens (including phenoxy) is 2. The highest BCUT2D eigenvalue weighted by Crippen LogP contribution is 2.31. The second-order valence-corrected chi connectivity index (χ2v) is 12.5. The van der Waals surface area contributed by atoms with Gasteiger partial charge in [0, 0.05) is 31.2 Å². The second kappa shape index (κ2) is 13.4. The molecule has 1 heterocycles. The summed E-state index contributed by atoms with van der Waals surface area (Å²) in [6, 6.07) is 16.7. The Balaban J connectivity index is 1.60. The Morgan fingerprint density at radius 2 is 1.81 bits per heavy atom. The number of carboxylic acid groups (broad SMARTS) is 1. The average Bonchev–Trinajstić information content (AvgIpc) is 2.99. The monoisotopic (exact) mass is 611 g/mol. The van der Waals surface area contributed by atoms with Gasteiger partial charge in [0.25, 0.3) is 15.9 Å². The Bertz CT molecular complexity index is 1540. The number of hydrogen-bond acceptors (Lipinski definition) is 8. The lowest BCUT2D eigenvalue weighted by atomic mass is 9.99. The minimum absolute atomic E-state index is 0.0349. The van der Waals surface area contributed by atoms with Gasteiger partial charge < -0.3 is 24.6 Å². The van der Waals surface area contributed by atoms with Crippen LogP contribution in [0.3, 0.4) is 0 Å². The molecular formula is C31H37N3O8S. The van der Waals surface area contributed by atoms with Crippen molar-refractivity contribution < 1.29 is 37.7 Å². The number of carbonyl (C=O) groups is 2. The molecule has 3 aromatic carbocycles. The van der Waals surface area contributed by atoms with Gasteiger partial charge >= 0.3 is 5.97 Å². The predicted molar refractivity (Wildman–Crippen MR) is 161 cm³/mol. The Morgan fingerprint density at radius 1 is 1.14 bits per heavy atom. The van der Waals surface area contributed by atoms with E-state index in [0.717, 1.165) is 5.56 Å². The van der Waals surface area contributed by atoms with Gasteiger partial charge in [-0.3, -0.25) is 14.4 Å². The highest BCUT2D eigenvalue weighted by Gasteiger charge is 2.33. The SMILES string of the molecule is COc1ccc(S(=O)(=O)Nc2ccc3c(c2)C(=O)N([C@@H](C)CO)C[C@@H](C)[C@@H](CN(C)Cc2ccc(C(=O)O)cc2)O3)cc1. The van der Waals surface area contributed by atoms with Gasteiger partial charge in [-0.15, -0.1) is 0 Å². The molecule has 3 atom stereocenters. The van der Waals surface area contributed by atoms with E-state index in [4.69, 9.17) is 14.6 Å². The summed E-state index contributed by atoms with van der Waals surface area (Å²) in [5.74, 6) is -0.645. The molecule has 43 heavy (non-hydrogen) atoms. The van der Waals surface area contributed by atoms with Crippen molar-refractivity contribution in [1.82, 2.24) is 9.80 Å². The fourth-order valence-electron chi connectivity index (χ4n) is 4.91. The molecule has 1 aliphatic heterocycles. The van der Waals surface area contributed by atoms with Gasteiger partial charge in [-0.25, -0.2) is 13.2 Å². The molecule has 0 aromatic heterocycles. The average molecular weight is 612 g/mol. The number of aliphatic hydroxyl groups is 1. The van der Waals surface area contributed by atoms with E-state index in [1.54, 1.807) is 60.4 Å². The second-order valence-electron chi connectivity index (χ2n) is 10.8. The number of aliphatic hydroxyl groups excluding tert-OH is 1. The number of anilines is 1. The van der Waals surface area contributed by atoms with Gasteiger partial charge in [0.2, 0.25) is 0 Å². The molecule has 230 valence electrons. The van der Waals surface area contributed by atoms with E-state index in [1.165, 1.54) is 25.3 Å². The van der Waals surface area contributed by atoms with Crippen molar-refractivity contribution in [3.63, 3.8) is 0 Å². The van der Waals surface area contributed by atoms with Crippen LogP contribution in [-0.2, 0) is 16.6 Å². The molecule has 3 aromatic rings. The Morgan fingerprint density at radius 3 is 2.42 bits per heavy atom. The van der Waals surface area contributed by atoms with Crippen molar-refractivity contribution in [3.8, 4) is 11.5 Å². The van der Waals surface area contributed by atoms with Gasteiger partial charge in [-0.1, -0.05) is 19.1 Å². The third-order valence-electron chi connectivity index (χ3n) is 7.43. The first-order chi connectivity index (χ1) is 20.4. The number of methoxy groups -OCH3 is 1. The van der Waals surface area contributed by atoms with E-state index >= 15 is 0 Å². The van der Waals surface area contributed by atoms with Gasteiger partial charge in [-0.2, -0.15) is 0 Å². The zero-order valence-corrected chi connectivity index (χ0v) is 25.4. The van der Waals surface area contributed by atoms with Crippen molar-refractivity contribution in [3.05, 3.63) is 83.4 Å². The standard InChI is InChI=1S/C31H37N3O8S/c1-20-16-34(21(2)19-35)30(36)27-15-24(32-43(39,40)26-12-10-25(41-4)11-13-26)9-14-28(27)42-29(20)18-33(3)17-22-5-7-23(8-6-22)31(37)38/h5-15,20-21,29,32,35H,16-19H2,1-4H3,(H,37,38)/t20-,21+,29-/m1/s1. The summed E-state index contributed by atoms with van der Waals surface area (Å²) < 4.78 is 40.2. The van der Waals surface area contributed by atoms with Crippen LogP contribution in [0.2, 0.25) is 0 Å². The largest absolute Gasteiger partial charge is 0.497 e.